The standard InChI is InChI=1S/C17H29NS/c1-6-10-18-14(8-7-13-9-11-19-12-13)15-16(2,3)17(15,4)5/h9,11-12,14-15,18H,6-8,10H2,1-5H3. The molecule has 19 heavy (non-hydrogen) atoms. The maximum Gasteiger partial charge on any atom is 0.0109 e. The molecule has 0 aromatic carbocycles. The molecular formula is C17H29NS. The quantitative estimate of drug-likeness (QED) is 0.761. The van der Waals surface area contributed by atoms with Gasteiger partial charge in [-0.2, -0.15) is 11.3 Å². The van der Waals surface area contributed by atoms with Crippen molar-refractivity contribution in [3.05, 3.63) is 22.4 Å². The topological polar surface area (TPSA) is 12.0 Å². The molecule has 1 aliphatic carbocycles. The number of thiophene rings is 1. The summed E-state index contributed by atoms with van der Waals surface area (Å²) in [5.41, 5.74) is 2.46. The maximum atomic E-state index is 3.81. The highest BCUT2D eigenvalue weighted by atomic mass is 32.1. The first-order chi connectivity index (χ1) is 8.91. The molecule has 2 rings (SSSR count). The summed E-state index contributed by atoms with van der Waals surface area (Å²) >= 11 is 1.81. The molecule has 1 aromatic heterocycles. The van der Waals surface area contributed by atoms with Crippen LogP contribution in [-0.4, -0.2) is 12.6 Å². The Balaban J connectivity index is 1.97. The van der Waals surface area contributed by atoms with Gasteiger partial charge in [-0.25, -0.2) is 0 Å². The van der Waals surface area contributed by atoms with Gasteiger partial charge < -0.3 is 5.32 Å². The number of hydrogen-bond acceptors (Lipinski definition) is 2. The summed E-state index contributed by atoms with van der Waals surface area (Å²) < 4.78 is 0. The highest BCUT2D eigenvalue weighted by molar-refractivity contribution is 7.07. The summed E-state index contributed by atoms with van der Waals surface area (Å²) in [6.07, 6.45) is 3.71. The molecular weight excluding hydrogens is 250 g/mol. The van der Waals surface area contributed by atoms with Crippen LogP contribution in [0.3, 0.4) is 0 Å². The van der Waals surface area contributed by atoms with Gasteiger partial charge in [0, 0.05) is 6.04 Å². The zero-order chi connectivity index (χ0) is 14.1. The first-order valence-corrected chi connectivity index (χ1v) is 8.60. The first-order valence-electron chi connectivity index (χ1n) is 7.65. The lowest BCUT2D eigenvalue weighted by molar-refractivity contribution is 0.377. The fourth-order valence-corrected chi connectivity index (χ4v) is 4.43. The minimum atomic E-state index is 0.479. The van der Waals surface area contributed by atoms with Gasteiger partial charge in [-0.15, -0.1) is 0 Å². The largest absolute Gasteiger partial charge is 0.314 e. The monoisotopic (exact) mass is 279 g/mol. The predicted octanol–water partition coefficient (Wildman–Crippen LogP) is 4.73. The summed E-state index contributed by atoms with van der Waals surface area (Å²) in [5, 5.41) is 8.29. The van der Waals surface area contributed by atoms with Gasteiger partial charge in [0.2, 0.25) is 0 Å². The van der Waals surface area contributed by atoms with E-state index in [0.717, 1.165) is 12.5 Å². The van der Waals surface area contributed by atoms with Crippen molar-refractivity contribution in [2.45, 2.75) is 59.9 Å². The minimum absolute atomic E-state index is 0.479. The summed E-state index contributed by atoms with van der Waals surface area (Å²) in [6, 6.07) is 2.94. The molecule has 0 saturated heterocycles. The molecule has 0 bridgehead atoms. The Morgan fingerprint density at radius 2 is 1.95 bits per heavy atom. The SMILES string of the molecule is CCCNC(CCc1ccsc1)C1C(C)(C)C1(C)C. The lowest BCUT2D eigenvalue weighted by Crippen LogP contribution is -2.34. The fourth-order valence-electron chi connectivity index (χ4n) is 3.73. The molecule has 0 radical (unpaired) electrons. The van der Waals surface area contributed by atoms with Crippen molar-refractivity contribution in [1.29, 1.82) is 0 Å². The van der Waals surface area contributed by atoms with Gasteiger partial charge >= 0.3 is 0 Å². The van der Waals surface area contributed by atoms with Crippen LogP contribution in [0.5, 0.6) is 0 Å². The molecule has 1 unspecified atom stereocenters. The predicted molar refractivity (Wildman–Crippen MR) is 85.8 cm³/mol. The summed E-state index contributed by atoms with van der Waals surface area (Å²) in [5.74, 6) is 0.810. The fraction of sp³-hybridized carbons (Fsp3) is 0.765. The van der Waals surface area contributed by atoms with Crippen molar-refractivity contribution in [1.82, 2.24) is 5.32 Å². The van der Waals surface area contributed by atoms with E-state index in [-0.39, 0.29) is 0 Å². The normalized spacial score (nSPS) is 22.4. The molecule has 1 saturated carbocycles. The van der Waals surface area contributed by atoms with E-state index in [1.165, 1.54) is 24.8 Å². The van der Waals surface area contributed by atoms with Gasteiger partial charge in [0.15, 0.2) is 0 Å². The summed E-state index contributed by atoms with van der Waals surface area (Å²) in [7, 11) is 0. The highest BCUT2D eigenvalue weighted by Crippen LogP contribution is 2.70. The molecule has 1 aliphatic rings. The van der Waals surface area contributed by atoms with E-state index in [4.69, 9.17) is 0 Å². The van der Waals surface area contributed by atoms with E-state index >= 15 is 0 Å². The third-order valence-corrected chi connectivity index (χ3v) is 6.25. The molecule has 1 aromatic rings. The van der Waals surface area contributed by atoms with E-state index in [2.05, 4.69) is 56.8 Å². The Bertz CT molecular complexity index is 377. The lowest BCUT2D eigenvalue weighted by atomic mass is 9.97. The first kappa shape index (κ1) is 15.1. The van der Waals surface area contributed by atoms with Crippen LogP contribution in [0, 0.1) is 16.7 Å². The Hall–Kier alpha value is -0.340. The van der Waals surface area contributed by atoms with Crippen molar-refractivity contribution in [2.24, 2.45) is 16.7 Å². The van der Waals surface area contributed by atoms with E-state index in [0.29, 0.717) is 16.9 Å². The van der Waals surface area contributed by atoms with Crippen molar-refractivity contribution < 1.29 is 0 Å². The highest BCUT2D eigenvalue weighted by Gasteiger charge is 2.66. The van der Waals surface area contributed by atoms with Crippen molar-refractivity contribution in [3.63, 3.8) is 0 Å². The van der Waals surface area contributed by atoms with E-state index in [9.17, 15) is 0 Å². The van der Waals surface area contributed by atoms with Crippen molar-refractivity contribution in [3.8, 4) is 0 Å². The van der Waals surface area contributed by atoms with Crippen molar-refractivity contribution in [2.75, 3.05) is 6.54 Å². The van der Waals surface area contributed by atoms with Crippen LogP contribution in [0.25, 0.3) is 0 Å². The molecule has 1 N–H and O–H groups in total. The molecule has 1 atom stereocenters. The molecule has 1 nitrogen and oxygen atoms in total. The van der Waals surface area contributed by atoms with Gasteiger partial charge in [0.05, 0.1) is 0 Å². The Kier molecular flexibility index (Phi) is 4.42. The zero-order valence-electron chi connectivity index (χ0n) is 13.1. The van der Waals surface area contributed by atoms with Crippen LogP contribution < -0.4 is 5.32 Å². The summed E-state index contributed by atoms with van der Waals surface area (Å²) in [6.45, 7) is 13.1. The Labute approximate surface area is 122 Å². The van der Waals surface area contributed by atoms with Crippen molar-refractivity contribution >= 4 is 11.3 Å². The van der Waals surface area contributed by atoms with Gasteiger partial charge in [-0.3, -0.25) is 0 Å². The second-order valence-electron chi connectivity index (χ2n) is 7.15. The second kappa shape index (κ2) is 5.57. The number of hydrogen-bond donors (Lipinski definition) is 1. The minimum Gasteiger partial charge on any atom is -0.314 e. The van der Waals surface area contributed by atoms with E-state index in [1.807, 2.05) is 11.3 Å². The third kappa shape index (κ3) is 2.90. The maximum absolute atomic E-state index is 3.81. The van der Waals surface area contributed by atoms with Crippen LogP contribution in [-0.2, 0) is 6.42 Å². The van der Waals surface area contributed by atoms with Crippen LogP contribution in [0.1, 0.15) is 53.0 Å². The molecule has 1 heterocycles. The van der Waals surface area contributed by atoms with Gasteiger partial charge in [0.25, 0.3) is 0 Å². The van der Waals surface area contributed by atoms with E-state index in [1.54, 1.807) is 0 Å². The molecule has 0 aliphatic heterocycles. The Morgan fingerprint density at radius 3 is 2.42 bits per heavy atom. The number of rotatable bonds is 7. The van der Waals surface area contributed by atoms with Gasteiger partial charge in [0.1, 0.15) is 0 Å². The van der Waals surface area contributed by atoms with E-state index < -0.39 is 0 Å². The molecule has 0 spiro atoms. The summed E-state index contributed by atoms with van der Waals surface area (Å²) in [4.78, 5) is 0. The molecule has 108 valence electrons. The Morgan fingerprint density at radius 1 is 1.26 bits per heavy atom. The molecule has 1 fully saturated rings. The third-order valence-electron chi connectivity index (χ3n) is 5.52. The smallest absolute Gasteiger partial charge is 0.0109 e. The van der Waals surface area contributed by atoms with Gasteiger partial charge in [-0.05, 0) is 64.9 Å². The number of nitrogens with one attached hydrogen (secondary N) is 1. The molecule has 0 amide bonds. The van der Waals surface area contributed by atoms with Crippen LogP contribution in [0.15, 0.2) is 16.8 Å². The van der Waals surface area contributed by atoms with Crippen LogP contribution >= 0.6 is 11.3 Å². The average Bonchev–Trinajstić information content (AvgIpc) is 2.77. The van der Waals surface area contributed by atoms with Gasteiger partial charge in [-0.1, -0.05) is 34.6 Å². The molecule has 2 heteroatoms. The second-order valence-corrected chi connectivity index (χ2v) is 7.93. The lowest BCUT2D eigenvalue weighted by Gasteiger charge is -2.20. The van der Waals surface area contributed by atoms with Crippen LogP contribution in [0.2, 0.25) is 0 Å². The number of aryl methyl sites for hydroxylation is 1. The van der Waals surface area contributed by atoms with Crippen LogP contribution in [0.4, 0.5) is 0 Å². The zero-order valence-corrected chi connectivity index (χ0v) is 13.9. The average molecular weight is 279 g/mol.